The third-order valence-corrected chi connectivity index (χ3v) is 5.94. The van der Waals surface area contributed by atoms with E-state index in [4.69, 9.17) is 0 Å². The van der Waals surface area contributed by atoms with Crippen LogP contribution in [0.25, 0.3) is 0 Å². The van der Waals surface area contributed by atoms with Crippen molar-refractivity contribution in [2.75, 3.05) is 26.2 Å². The molecule has 2 fully saturated rings. The van der Waals surface area contributed by atoms with E-state index in [0.29, 0.717) is 11.7 Å². The molecule has 0 spiro atoms. The van der Waals surface area contributed by atoms with Gasteiger partial charge in [-0.05, 0) is 24.9 Å². The van der Waals surface area contributed by atoms with E-state index in [1.807, 2.05) is 28.5 Å². The smallest absolute Gasteiger partial charge is 0.273 e. The molecule has 0 N–H and O–H groups in total. The Bertz CT molecular complexity index is 700. The number of carbonyl (C=O) groups is 1. The summed E-state index contributed by atoms with van der Waals surface area (Å²) in [5.74, 6) is 0.107. The second-order valence-corrected chi connectivity index (χ2v) is 7.67. The van der Waals surface area contributed by atoms with Gasteiger partial charge in [-0.3, -0.25) is 9.69 Å². The topological polar surface area (TPSA) is 36.4 Å². The van der Waals surface area contributed by atoms with E-state index >= 15 is 0 Å². The van der Waals surface area contributed by atoms with Crippen molar-refractivity contribution in [1.82, 2.24) is 14.8 Å². The van der Waals surface area contributed by atoms with E-state index in [2.05, 4.69) is 22.0 Å². The largest absolute Gasteiger partial charge is 0.334 e. The molecule has 1 aromatic carbocycles. The van der Waals surface area contributed by atoms with Gasteiger partial charge in [-0.15, -0.1) is 11.3 Å². The molecule has 0 unspecified atom stereocenters. The molecule has 4 rings (SSSR count). The van der Waals surface area contributed by atoms with Gasteiger partial charge in [0, 0.05) is 37.5 Å². The lowest BCUT2D eigenvalue weighted by Gasteiger charge is -2.43. The van der Waals surface area contributed by atoms with Gasteiger partial charge in [0.15, 0.2) is 0 Å². The number of fused-ring (bicyclic) bond motifs is 1. The number of piperazine rings is 1. The van der Waals surface area contributed by atoms with E-state index in [-0.39, 0.29) is 5.91 Å². The zero-order valence-electron chi connectivity index (χ0n) is 13.9. The van der Waals surface area contributed by atoms with Crippen molar-refractivity contribution < 1.29 is 4.79 Å². The van der Waals surface area contributed by atoms with E-state index in [1.165, 1.54) is 31.4 Å². The van der Waals surface area contributed by atoms with E-state index < -0.39 is 0 Å². The van der Waals surface area contributed by atoms with Crippen molar-refractivity contribution in [1.29, 1.82) is 0 Å². The van der Waals surface area contributed by atoms with Crippen molar-refractivity contribution in [2.24, 2.45) is 0 Å². The van der Waals surface area contributed by atoms with Crippen LogP contribution in [-0.2, 0) is 6.42 Å². The molecule has 0 bridgehead atoms. The van der Waals surface area contributed by atoms with Crippen LogP contribution in [0.1, 0.15) is 40.3 Å². The standard InChI is InChI=1S/C19H23N3OS/c23-19(22-11-10-21-9-5-4-8-16(21)13-22)17-14-24-18(20-17)12-15-6-2-1-3-7-15/h1-3,6-7,14,16H,4-5,8-13H2/t16-/m1/s1. The predicted molar refractivity (Wildman–Crippen MR) is 96.5 cm³/mol. The molecule has 2 aliphatic rings. The summed E-state index contributed by atoms with van der Waals surface area (Å²) >= 11 is 1.59. The molecule has 2 saturated heterocycles. The van der Waals surface area contributed by atoms with Crippen LogP contribution in [0.5, 0.6) is 0 Å². The molecule has 0 aliphatic carbocycles. The summed E-state index contributed by atoms with van der Waals surface area (Å²) in [6.07, 6.45) is 4.62. The van der Waals surface area contributed by atoms with Gasteiger partial charge in [0.1, 0.15) is 5.69 Å². The van der Waals surface area contributed by atoms with Gasteiger partial charge in [-0.1, -0.05) is 36.8 Å². The summed E-state index contributed by atoms with van der Waals surface area (Å²) in [5, 5.41) is 2.94. The number of benzene rings is 1. The maximum absolute atomic E-state index is 12.8. The van der Waals surface area contributed by atoms with E-state index in [0.717, 1.165) is 31.1 Å². The summed E-state index contributed by atoms with van der Waals surface area (Å²) in [4.78, 5) is 21.9. The number of hydrogen-bond acceptors (Lipinski definition) is 4. The zero-order chi connectivity index (χ0) is 16.4. The maximum atomic E-state index is 12.8. The molecule has 1 amide bonds. The molecular weight excluding hydrogens is 318 g/mol. The van der Waals surface area contributed by atoms with Crippen LogP contribution in [0.15, 0.2) is 35.7 Å². The zero-order valence-corrected chi connectivity index (χ0v) is 14.7. The molecule has 0 saturated carbocycles. The Morgan fingerprint density at radius 1 is 1.17 bits per heavy atom. The lowest BCUT2D eigenvalue weighted by atomic mass is 9.99. The summed E-state index contributed by atoms with van der Waals surface area (Å²) in [7, 11) is 0. The fourth-order valence-electron chi connectivity index (χ4n) is 3.76. The Labute approximate surface area is 147 Å². The molecule has 1 atom stereocenters. The predicted octanol–water partition coefficient (Wildman–Crippen LogP) is 3.04. The number of thiazole rings is 1. The summed E-state index contributed by atoms with van der Waals surface area (Å²) in [5.41, 5.74) is 1.86. The summed E-state index contributed by atoms with van der Waals surface area (Å²) < 4.78 is 0. The third-order valence-electron chi connectivity index (χ3n) is 5.09. The fraction of sp³-hybridized carbons (Fsp3) is 0.474. The van der Waals surface area contributed by atoms with Crippen molar-refractivity contribution >= 4 is 17.2 Å². The number of hydrogen-bond donors (Lipinski definition) is 0. The molecule has 4 nitrogen and oxygen atoms in total. The minimum absolute atomic E-state index is 0.107. The Kier molecular flexibility index (Phi) is 4.63. The Morgan fingerprint density at radius 3 is 2.92 bits per heavy atom. The lowest BCUT2D eigenvalue weighted by molar-refractivity contribution is 0.0369. The third kappa shape index (κ3) is 3.37. The minimum Gasteiger partial charge on any atom is -0.334 e. The number of amides is 1. The monoisotopic (exact) mass is 341 g/mol. The molecule has 0 radical (unpaired) electrons. The van der Waals surface area contributed by atoms with Gasteiger partial charge in [-0.25, -0.2) is 4.98 Å². The summed E-state index contributed by atoms with van der Waals surface area (Å²) in [6.45, 7) is 3.91. The van der Waals surface area contributed by atoms with Crippen molar-refractivity contribution in [3.05, 3.63) is 52.0 Å². The first kappa shape index (κ1) is 15.8. The van der Waals surface area contributed by atoms with Crippen LogP contribution in [0.3, 0.4) is 0 Å². The SMILES string of the molecule is O=C(c1csc(Cc2ccccc2)n1)N1CCN2CCCC[C@@H]2C1. The van der Waals surface area contributed by atoms with Crippen molar-refractivity contribution in [2.45, 2.75) is 31.7 Å². The number of carbonyl (C=O) groups excluding carboxylic acids is 1. The van der Waals surface area contributed by atoms with Crippen LogP contribution in [-0.4, -0.2) is 52.9 Å². The Hall–Kier alpha value is -1.72. The highest BCUT2D eigenvalue weighted by molar-refractivity contribution is 7.09. The quantitative estimate of drug-likeness (QED) is 0.861. The molecular formula is C19H23N3OS. The second-order valence-electron chi connectivity index (χ2n) is 6.73. The van der Waals surface area contributed by atoms with Crippen molar-refractivity contribution in [3.8, 4) is 0 Å². The number of aromatic nitrogens is 1. The van der Waals surface area contributed by atoms with Crippen LogP contribution < -0.4 is 0 Å². The second kappa shape index (κ2) is 7.03. The van der Waals surface area contributed by atoms with Crippen LogP contribution in [0.4, 0.5) is 0 Å². The van der Waals surface area contributed by atoms with Gasteiger partial charge in [0.2, 0.25) is 0 Å². The molecule has 2 aromatic rings. The first-order valence-electron chi connectivity index (χ1n) is 8.81. The number of piperidine rings is 1. The molecule has 24 heavy (non-hydrogen) atoms. The van der Waals surface area contributed by atoms with Gasteiger partial charge in [-0.2, -0.15) is 0 Å². The van der Waals surface area contributed by atoms with E-state index in [1.54, 1.807) is 11.3 Å². The highest BCUT2D eigenvalue weighted by atomic mass is 32.1. The summed E-state index contributed by atoms with van der Waals surface area (Å²) in [6, 6.07) is 10.9. The van der Waals surface area contributed by atoms with E-state index in [9.17, 15) is 4.79 Å². The maximum Gasteiger partial charge on any atom is 0.273 e. The number of rotatable bonds is 3. The molecule has 5 heteroatoms. The highest BCUT2D eigenvalue weighted by Crippen LogP contribution is 2.23. The van der Waals surface area contributed by atoms with Crippen LogP contribution >= 0.6 is 11.3 Å². The van der Waals surface area contributed by atoms with Crippen LogP contribution in [0, 0.1) is 0 Å². The van der Waals surface area contributed by atoms with Gasteiger partial charge in [0.05, 0.1) is 5.01 Å². The normalized spacial score (nSPS) is 21.5. The first-order valence-corrected chi connectivity index (χ1v) is 9.69. The average Bonchev–Trinajstić information content (AvgIpc) is 3.10. The highest BCUT2D eigenvalue weighted by Gasteiger charge is 2.31. The van der Waals surface area contributed by atoms with Crippen LogP contribution in [0.2, 0.25) is 0 Å². The molecule has 3 heterocycles. The molecule has 126 valence electrons. The van der Waals surface area contributed by atoms with Gasteiger partial charge >= 0.3 is 0 Å². The van der Waals surface area contributed by atoms with Crippen molar-refractivity contribution in [3.63, 3.8) is 0 Å². The van der Waals surface area contributed by atoms with Gasteiger partial charge < -0.3 is 4.90 Å². The molecule has 1 aromatic heterocycles. The van der Waals surface area contributed by atoms with Gasteiger partial charge in [0.25, 0.3) is 5.91 Å². The number of nitrogens with zero attached hydrogens (tertiary/aromatic N) is 3. The minimum atomic E-state index is 0.107. The Balaban J connectivity index is 1.41. The lowest BCUT2D eigenvalue weighted by Crippen LogP contribution is -2.56. The average molecular weight is 341 g/mol. The fourth-order valence-corrected chi connectivity index (χ4v) is 4.57. The molecule has 2 aliphatic heterocycles. The first-order chi connectivity index (χ1) is 11.8. The Morgan fingerprint density at radius 2 is 2.04 bits per heavy atom.